The van der Waals surface area contributed by atoms with Crippen LogP contribution in [-0.4, -0.2) is 38.5 Å². The lowest BCUT2D eigenvalue weighted by molar-refractivity contribution is -0.148. The van der Waals surface area contributed by atoms with Gasteiger partial charge in [0.2, 0.25) is 5.91 Å². The lowest BCUT2D eigenvalue weighted by Gasteiger charge is -2.61. The molecule has 0 saturated heterocycles. The molecule has 2 unspecified atom stereocenters. The molecule has 7 nitrogen and oxygen atoms in total. The van der Waals surface area contributed by atoms with Gasteiger partial charge in [0.25, 0.3) is 5.91 Å². The number of rotatable bonds is 7. The van der Waals surface area contributed by atoms with Crippen LogP contribution >= 0.6 is 0 Å². The van der Waals surface area contributed by atoms with Crippen molar-refractivity contribution in [2.45, 2.75) is 43.9 Å². The van der Waals surface area contributed by atoms with Gasteiger partial charge < -0.3 is 20.1 Å². The third-order valence-electron chi connectivity index (χ3n) is 8.17. The fraction of sp³-hybridized carbons (Fsp3) is 0.464. The van der Waals surface area contributed by atoms with E-state index in [1.54, 1.807) is 31.3 Å². The molecule has 0 spiro atoms. The van der Waals surface area contributed by atoms with E-state index in [0.29, 0.717) is 28.8 Å². The summed E-state index contributed by atoms with van der Waals surface area (Å²) >= 11 is 0. The van der Waals surface area contributed by atoms with Crippen LogP contribution in [-0.2, 0) is 19.7 Å². The molecular formula is C28H32N2O5. The van der Waals surface area contributed by atoms with Gasteiger partial charge in [0, 0.05) is 12.7 Å². The molecule has 2 aromatic rings. The number of anilines is 1. The van der Waals surface area contributed by atoms with Crippen molar-refractivity contribution < 1.29 is 23.9 Å². The first-order valence-electron chi connectivity index (χ1n) is 12.3. The topological polar surface area (TPSA) is 93.7 Å². The van der Waals surface area contributed by atoms with E-state index < -0.39 is 5.97 Å². The summed E-state index contributed by atoms with van der Waals surface area (Å²) in [6.07, 6.45) is 6.50. The van der Waals surface area contributed by atoms with Crippen molar-refractivity contribution in [3.8, 4) is 5.75 Å². The van der Waals surface area contributed by atoms with Gasteiger partial charge >= 0.3 is 5.97 Å². The lowest BCUT2D eigenvalue weighted by Crippen LogP contribution is -2.58. The van der Waals surface area contributed by atoms with Crippen LogP contribution in [0.15, 0.2) is 48.5 Å². The fourth-order valence-corrected chi connectivity index (χ4v) is 7.22. The monoisotopic (exact) mass is 476 g/mol. The molecule has 2 aromatic carbocycles. The number of hydrogen-bond acceptors (Lipinski definition) is 5. The minimum atomic E-state index is -0.460. The van der Waals surface area contributed by atoms with Crippen LogP contribution in [0.25, 0.3) is 0 Å². The Kier molecular flexibility index (Phi) is 6.03. The van der Waals surface area contributed by atoms with Crippen LogP contribution in [0.3, 0.4) is 0 Å². The Labute approximate surface area is 205 Å². The van der Waals surface area contributed by atoms with Crippen molar-refractivity contribution >= 4 is 23.5 Å². The average molecular weight is 477 g/mol. The van der Waals surface area contributed by atoms with E-state index in [1.165, 1.54) is 19.1 Å². The third-order valence-corrected chi connectivity index (χ3v) is 8.17. The van der Waals surface area contributed by atoms with Crippen LogP contribution < -0.4 is 15.4 Å². The predicted octanol–water partition coefficient (Wildman–Crippen LogP) is 4.07. The number of benzene rings is 2. The summed E-state index contributed by atoms with van der Waals surface area (Å²) in [5, 5.41) is 5.68. The molecule has 4 saturated carbocycles. The first kappa shape index (κ1) is 23.4. The Bertz CT molecular complexity index is 1130. The van der Waals surface area contributed by atoms with Crippen LogP contribution in [0.4, 0.5) is 5.69 Å². The van der Waals surface area contributed by atoms with E-state index in [1.807, 2.05) is 12.1 Å². The number of ether oxygens (including phenoxy) is 2. The molecule has 7 heteroatoms. The van der Waals surface area contributed by atoms with Crippen LogP contribution in [0, 0.1) is 17.3 Å². The summed E-state index contributed by atoms with van der Waals surface area (Å²) < 4.78 is 10.4. The molecule has 4 aliphatic rings. The van der Waals surface area contributed by atoms with Crippen LogP contribution in [0.5, 0.6) is 5.75 Å². The van der Waals surface area contributed by atoms with Crippen LogP contribution in [0.1, 0.15) is 54.4 Å². The molecule has 2 N–H and O–H groups in total. The standard InChI is InChI=1S/C28H32N2O5/c1-29-26(33)28-14-18-10-19(15-28)13-27(12-18,17-28)21-6-8-23(9-7-21)35-16-24(31)30-22-5-3-4-20(11-22)25(32)34-2/h3-9,11,18-19H,10,12-17H2,1-2H3,(H,29,33)(H,30,31). The first-order chi connectivity index (χ1) is 16.8. The van der Waals surface area contributed by atoms with Crippen molar-refractivity contribution in [3.05, 3.63) is 59.7 Å². The molecule has 35 heavy (non-hydrogen) atoms. The van der Waals surface area contributed by atoms with Gasteiger partial charge in [-0.3, -0.25) is 9.59 Å². The summed E-state index contributed by atoms with van der Waals surface area (Å²) in [6, 6.07) is 14.6. The number of amides is 2. The second kappa shape index (κ2) is 9.02. The van der Waals surface area contributed by atoms with Crippen molar-refractivity contribution in [1.82, 2.24) is 5.32 Å². The van der Waals surface area contributed by atoms with Gasteiger partial charge in [-0.1, -0.05) is 18.2 Å². The minimum absolute atomic E-state index is 0.0527. The molecule has 4 aliphatic carbocycles. The first-order valence-corrected chi connectivity index (χ1v) is 12.3. The van der Waals surface area contributed by atoms with Crippen molar-refractivity contribution in [2.75, 3.05) is 26.1 Å². The Morgan fingerprint density at radius 1 is 1.00 bits per heavy atom. The van der Waals surface area contributed by atoms with Crippen molar-refractivity contribution in [2.24, 2.45) is 17.3 Å². The van der Waals surface area contributed by atoms with Gasteiger partial charge in [0.15, 0.2) is 6.61 Å². The largest absolute Gasteiger partial charge is 0.484 e. The highest BCUT2D eigenvalue weighted by Gasteiger charge is 2.60. The zero-order valence-corrected chi connectivity index (χ0v) is 20.3. The number of esters is 1. The van der Waals surface area contributed by atoms with E-state index in [2.05, 4.69) is 22.8 Å². The van der Waals surface area contributed by atoms with E-state index in [0.717, 1.165) is 32.1 Å². The van der Waals surface area contributed by atoms with Crippen LogP contribution in [0.2, 0.25) is 0 Å². The van der Waals surface area contributed by atoms with E-state index in [4.69, 9.17) is 9.47 Å². The molecular weight excluding hydrogens is 444 g/mol. The van der Waals surface area contributed by atoms with E-state index in [-0.39, 0.29) is 29.3 Å². The maximum atomic E-state index is 12.8. The Hall–Kier alpha value is -3.35. The highest BCUT2D eigenvalue weighted by Crippen LogP contribution is 2.65. The summed E-state index contributed by atoms with van der Waals surface area (Å²) in [5.74, 6) is 1.29. The van der Waals surface area contributed by atoms with Gasteiger partial charge in [-0.25, -0.2) is 4.79 Å². The molecule has 0 aliphatic heterocycles. The minimum Gasteiger partial charge on any atom is -0.484 e. The van der Waals surface area contributed by atoms with Gasteiger partial charge in [-0.2, -0.15) is 0 Å². The molecule has 2 atom stereocenters. The normalized spacial score (nSPS) is 28.3. The fourth-order valence-electron chi connectivity index (χ4n) is 7.22. The molecule has 0 heterocycles. The van der Waals surface area contributed by atoms with Crippen molar-refractivity contribution in [1.29, 1.82) is 0 Å². The number of nitrogens with one attached hydrogen (secondary N) is 2. The molecule has 0 aromatic heterocycles. The second-order valence-electron chi connectivity index (χ2n) is 10.5. The molecule has 0 radical (unpaired) electrons. The molecule has 2 amide bonds. The molecule has 4 bridgehead atoms. The third kappa shape index (κ3) is 4.40. The zero-order valence-electron chi connectivity index (χ0n) is 20.3. The quantitative estimate of drug-likeness (QED) is 0.588. The van der Waals surface area contributed by atoms with Gasteiger partial charge in [0.05, 0.1) is 18.1 Å². The summed E-state index contributed by atoms with van der Waals surface area (Å²) in [7, 11) is 3.07. The number of hydrogen-bond donors (Lipinski definition) is 2. The highest BCUT2D eigenvalue weighted by molar-refractivity contribution is 5.95. The summed E-state index contributed by atoms with van der Waals surface area (Å²) in [6.45, 7) is -0.142. The average Bonchev–Trinajstić information content (AvgIpc) is 2.86. The smallest absolute Gasteiger partial charge is 0.337 e. The molecule has 6 rings (SSSR count). The van der Waals surface area contributed by atoms with Crippen molar-refractivity contribution in [3.63, 3.8) is 0 Å². The number of carbonyl (C=O) groups is 3. The highest BCUT2D eigenvalue weighted by atomic mass is 16.5. The Morgan fingerprint density at radius 2 is 1.71 bits per heavy atom. The SMILES string of the molecule is CNC(=O)C12CC3CC(C1)CC(c1ccc(OCC(=O)Nc4cccc(C(=O)OC)c4)cc1)(C3)C2. The summed E-state index contributed by atoms with van der Waals surface area (Å²) in [5.41, 5.74) is 1.97. The maximum absolute atomic E-state index is 12.8. The number of carbonyl (C=O) groups excluding carboxylic acids is 3. The van der Waals surface area contributed by atoms with Gasteiger partial charge in [0.1, 0.15) is 5.75 Å². The predicted molar refractivity (Wildman–Crippen MR) is 131 cm³/mol. The Morgan fingerprint density at radius 3 is 2.37 bits per heavy atom. The second-order valence-corrected chi connectivity index (χ2v) is 10.5. The zero-order chi connectivity index (χ0) is 24.6. The summed E-state index contributed by atoms with van der Waals surface area (Å²) in [4.78, 5) is 36.9. The van der Waals surface area contributed by atoms with E-state index >= 15 is 0 Å². The molecule has 184 valence electrons. The number of methoxy groups -OCH3 is 1. The Balaban J connectivity index is 1.23. The maximum Gasteiger partial charge on any atom is 0.337 e. The van der Waals surface area contributed by atoms with Gasteiger partial charge in [-0.15, -0.1) is 0 Å². The molecule has 4 fully saturated rings. The van der Waals surface area contributed by atoms with Gasteiger partial charge in [-0.05, 0) is 91.7 Å². The van der Waals surface area contributed by atoms with E-state index in [9.17, 15) is 14.4 Å². The lowest BCUT2D eigenvalue weighted by atomic mass is 9.42.